The fraction of sp³-hybridized carbons (Fsp3) is 0.500. The lowest BCUT2D eigenvalue weighted by Gasteiger charge is -2.26. The van der Waals surface area contributed by atoms with Gasteiger partial charge in [0, 0.05) is 0 Å². The third-order valence-corrected chi connectivity index (χ3v) is 2.94. The van der Waals surface area contributed by atoms with E-state index in [2.05, 4.69) is 16.0 Å². The standard InChI is InChI=1S/C10H13N5O4/c1-2-10(12)7(17)5(4-16)19-8(10)15-9(18)14-6(11)3-13-15/h1,3,5,7-8,16-17H,4,12H2,(H2,11,14,18)/t5-,7?,8-,10-/m1/s1. The predicted octanol–water partition coefficient (Wildman–Crippen LogP) is -3.20. The fourth-order valence-corrected chi connectivity index (χ4v) is 1.89. The molecular formula is C10H13N5O4. The van der Waals surface area contributed by atoms with Gasteiger partial charge in [0.25, 0.3) is 0 Å². The molecule has 1 aromatic rings. The van der Waals surface area contributed by atoms with E-state index in [-0.39, 0.29) is 5.82 Å². The lowest BCUT2D eigenvalue weighted by molar-refractivity contribution is -0.0528. The van der Waals surface area contributed by atoms with Crippen molar-refractivity contribution in [3.05, 3.63) is 16.7 Å². The summed E-state index contributed by atoms with van der Waals surface area (Å²) in [5, 5.41) is 22.8. The first-order valence-electron chi connectivity index (χ1n) is 5.36. The molecule has 1 aromatic heterocycles. The molecule has 1 saturated heterocycles. The number of nitrogens with zero attached hydrogens (tertiary/aromatic N) is 3. The Kier molecular flexibility index (Phi) is 3.25. The number of aliphatic hydroxyl groups is 2. The van der Waals surface area contributed by atoms with Crippen molar-refractivity contribution in [1.29, 1.82) is 0 Å². The van der Waals surface area contributed by atoms with Gasteiger partial charge in [-0.2, -0.15) is 14.8 Å². The zero-order valence-electron chi connectivity index (χ0n) is 9.80. The number of anilines is 1. The van der Waals surface area contributed by atoms with E-state index in [9.17, 15) is 9.90 Å². The number of ether oxygens (including phenoxy) is 1. The highest BCUT2D eigenvalue weighted by molar-refractivity contribution is 5.23. The second-order valence-corrected chi connectivity index (χ2v) is 4.14. The van der Waals surface area contributed by atoms with Crippen molar-refractivity contribution in [2.24, 2.45) is 5.73 Å². The largest absolute Gasteiger partial charge is 0.394 e. The predicted molar refractivity (Wildman–Crippen MR) is 63.5 cm³/mol. The van der Waals surface area contributed by atoms with Gasteiger partial charge >= 0.3 is 5.69 Å². The molecule has 6 N–H and O–H groups in total. The zero-order chi connectivity index (χ0) is 14.2. The molecule has 1 unspecified atom stereocenters. The second-order valence-electron chi connectivity index (χ2n) is 4.14. The van der Waals surface area contributed by atoms with Crippen LogP contribution in [0.25, 0.3) is 0 Å². The van der Waals surface area contributed by atoms with Crippen molar-refractivity contribution in [1.82, 2.24) is 14.8 Å². The molecule has 0 bridgehead atoms. The van der Waals surface area contributed by atoms with Crippen LogP contribution < -0.4 is 17.2 Å². The smallest absolute Gasteiger partial charge is 0.368 e. The van der Waals surface area contributed by atoms with E-state index >= 15 is 0 Å². The quantitative estimate of drug-likeness (QED) is 0.409. The Morgan fingerprint density at radius 3 is 2.89 bits per heavy atom. The lowest BCUT2D eigenvalue weighted by atomic mass is 9.92. The molecule has 9 nitrogen and oxygen atoms in total. The molecule has 1 fully saturated rings. The van der Waals surface area contributed by atoms with E-state index < -0.39 is 36.3 Å². The third kappa shape index (κ3) is 1.96. The van der Waals surface area contributed by atoms with Crippen LogP contribution in [0.15, 0.2) is 11.0 Å². The number of terminal acetylenes is 1. The van der Waals surface area contributed by atoms with Crippen LogP contribution in [0.5, 0.6) is 0 Å². The average Bonchev–Trinajstić information content (AvgIpc) is 2.63. The Balaban J connectivity index is 2.49. The van der Waals surface area contributed by atoms with E-state index in [0.29, 0.717) is 0 Å². The average molecular weight is 267 g/mol. The number of aliphatic hydroxyl groups excluding tert-OH is 2. The van der Waals surface area contributed by atoms with Crippen molar-refractivity contribution < 1.29 is 14.9 Å². The molecule has 0 amide bonds. The van der Waals surface area contributed by atoms with Crippen LogP contribution in [-0.2, 0) is 4.74 Å². The van der Waals surface area contributed by atoms with Crippen LogP contribution in [0.2, 0.25) is 0 Å². The third-order valence-electron chi connectivity index (χ3n) is 2.94. The molecule has 2 heterocycles. The van der Waals surface area contributed by atoms with Gasteiger partial charge < -0.3 is 26.4 Å². The monoisotopic (exact) mass is 267 g/mol. The van der Waals surface area contributed by atoms with Gasteiger partial charge in [0.2, 0.25) is 0 Å². The summed E-state index contributed by atoms with van der Waals surface area (Å²) in [6.07, 6.45) is 2.81. The Labute approximate surface area is 107 Å². The van der Waals surface area contributed by atoms with Gasteiger partial charge in [0.1, 0.15) is 18.0 Å². The Morgan fingerprint density at radius 2 is 2.37 bits per heavy atom. The first-order chi connectivity index (χ1) is 8.93. The van der Waals surface area contributed by atoms with Gasteiger partial charge in [0.15, 0.2) is 11.8 Å². The molecule has 0 aromatic carbocycles. The Bertz CT molecular complexity index is 582. The summed E-state index contributed by atoms with van der Waals surface area (Å²) in [5.41, 5.74) is 8.66. The fourth-order valence-electron chi connectivity index (χ4n) is 1.89. The summed E-state index contributed by atoms with van der Waals surface area (Å²) in [6.45, 7) is -0.505. The van der Waals surface area contributed by atoms with Crippen LogP contribution in [-0.4, -0.2) is 49.3 Å². The van der Waals surface area contributed by atoms with Crippen molar-refractivity contribution in [3.63, 3.8) is 0 Å². The summed E-state index contributed by atoms with van der Waals surface area (Å²) < 4.78 is 6.08. The number of rotatable bonds is 2. The molecule has 1 aliphatic rings. The van der Waals surface area contributed by atoms with Gasteiger partial charge in [-0.15, -0.1) is 6.42 Å². The first kappa shape index (κ1) is 13.4. The molecule has 0 aliphatic carbocycles. The van der Waals surface area contributed by atoms with E-state index in [0.717, 1.165) is 10.9 Å². The molecule has 9 heteroatoms. The van der Waals surface area contributed by atoms with E-state index in [1.807, 2.05) is 0 Å². The minimum absolute atomic E-state index is 0.0677. The molecule has 0 spiro atoms. The maximum absolute atomic E-state index is 11.7. The van der Waals surface area contributed by atoms with Crippen LogP contribution in [0.4, 0.5) is 5.82 Å². The SMILES string of the molecule is C#C[C@@]1(N)C(O)[C@@H](CO)O[C@H]1n1ncc(N)nc1=O. The number of aromatic nitrogens is 3. The molecular weight excluding hydrogens is 254 g/mol. The summed E-state index contributed by atoms with van der Waals surface area (Å²) >= 11 is 0. The van der Waals surface area contributed by atoms with Crippen molar-refractivity contribution >= 4 is 5.82 Å². The number of hydrogen-bond acceptors (Lipinski definition) is 8. The number of hydrogen-bond donors (Lipinski definition) is 4. The highest BCUT2D eigenvalue weighted by Gasteiger charge is 2.54. The highest BCUT2D eigenvalue weighted by atomic mass is 16.5. The van der Waals surface area contributed by atoms with Gasteiger partial charge in [-0.05, 0) is 0 Å². The molecule has 0 saturated carbocycles. The van der Waals surface area contributed by atoms with Crippen LogP contribution in [0.1, 0.15) is 6.23 Å². The van der Waals surface area contributed by atoms with Gasteiger partial charge in [-0.3, -0.25) is 0 Å². The van der Waals surface area contributed by atoms with Crippen molar-refractivity contribution in [3.8, 4) is 12.3 Å². The zero-order valence-corrected chi connectivity index (χ0v) is 9.80. The highest BCUT2D eigenvalue weighted by Crippen LogP contribution is 2.34. The van der Waals surface area contributed by atoms with E-state index in [1.165, 1.54) is 0 Å². The second kappa shape index (κ2) is 4.60. The van der Waals surface area contributed by atoms with Gasteiger partial charge in [0.05, 0.1) is 12.8 Å². The lowest BCUT2D eigenvalue weighted by Crippen LogP contribution is -2.55. The summed E-state index contributed by atoms with van der Waals surface area (Å²) in [5.74, 6) is 2.11. The topological polar surface area (TPSA) is 150 Å². The van der Waals surface area contributed by atoms with Gasteiger partial charge in [-0.1, -0.05) is 5.92 Å². The van der Waals surface area contributed by atoms with E-state index in [4.69, 9.17) is 27.7 Å². The minimum Gasteiger partial charge on any atom is -0.394 e. The number of nitrogens with two attached hydrogens (primary N) is 2. The summed E-state index contributed by atoms with van der Waals surface area (Å²) in [4.78, 5) is 15.2. The summed E-state index contributed by atoms with van der Waals surface area (Å²) in [6, 6.07) is 0. The number of nitrogen functional groups attached to an aromatic ring is 1. The molecule has 4 atom stereocenters. The Hall–Kier alpha value is -1.99. The first-order valence-corrected chi connectivity index (χ1v) is 5.36. The Morgan fingerprint density at radius 1 is 1.68 bits per heavy atom. The maximum Gasteiger partial charge on any atom is 0.368 e. The molecule has 2 rings (SSSR count). The van der Waals surface area contributed by atoms with Crippen LogP contribution in [0, 0.1) is 12.3 Å². The maximum atomic E-state index is 11.7. The molecule has 19 heavy (non-hydrogen) atoms. The molecule has 0 radical (unpaired) electrons. The van der Waals surface area contributed by atoms with E-state index in [1.54, 1.807) is 0 Å². The van der Waals surface area contributed by atoms with Crippen molar-refractivity contribution in [2.45, 2.75) is 24.0 Å². The molecule has 102 valence electrons. The van der Waals surface area contributed by atoms with Gasteiger partial charge in [-0.25, -0.2) is 4.79 Å². The normalized spacial score (nSPS) is 34.1. The van der Waals surface area contributed by atoms with Crippen molar-refractivity contribution in [2.75, 3.05) is 12.3 Å². The van der Waals surface area contributed by atoms with Crippen LogP contribution in [0.3, 0.4) is 0 Å². The minimum atomic E-state index is -1.71. The summed E-state index contributed by atoms with van der Waals surface area (Å²) in [7, 11) is 0. The van der Waals surface area contributed by atoms with Crippen LogP contribution >= 0.6 is 0 Å². The molecule has 1 aliphatic heterocycles.